The van der Waals surface area contributed by atoms with E-state index in [1.807, 2.05) is 54.7 Å². The molecule has 3 aromatic heterocycles. The van der Waals surface area contributed by atoms with Gasteiger partial charge >= 0.3 is 0 Å². The third-order valence-electron chi connectivity index (χ3n) is 7.95. The van der Waals surface area contributed by atoms with Crippen LogP contribution in [0.2, 0.25) is 0 Å². The van der Waals surface area contributed by atoms with Gasteiger partial charge < -0.3 is 0 Å². The summed E-state index contributed by atoms with van der Waals surface area (Å²) in [6.07, 6.45) is 5.87. The number of benzene rings is 5. The summed E-state index contributed by atoms with van der Waals surface area (Å²) in [4.78, 5) is 15.7. The monoisotopic (exact) mass is 555 g/mol. The molecule has 0 unspecified atom stereocenters. The quantitative estimate of drug-likeness (QED) is 0.203. The first-order chi connectivity index (χ1) is 20.8. The second kappa shape index (κ2) is 9.72. The van der Waals surface area contributed by atoms with Crippen molar-refractivity contribution in [2.75, 3.05) is 0 Å². The number of pyridine rings is 1. The lowest BCUT2D eigenvalue weighted by Gasteiger charge is -2.15. The van der Waals surface area contributed by atoms with Gasteiger partial charge in [-0.15, -0.1) is 11.3 Å². The Bertz CT molecular complexity index is 2380. The predicted molar refractivity (Wildman–Crippen MR) is 181 cm³/mol. The molecule has 0 fully saturated rings. The molecule has 198 valence electrons. The first-order valence-corrected chi connectivity index (χ1v) is 14.9. The van der Waals surface area contributed by atoms with Crippen LogP contribution >= 0.6 is 11.3 Å². The van der Waals surface area contributed by atoms with Crippen LogP contribution in [0.5, 0.6) is 0 Å². The van der Waals surface area contributed by atoms with E-state index in [-0.39, 0.29) is 0 Å². The summed E-state index contributed by atoms with van der Waals surface area (Å²) in [5.41, 5.74) is 5.35. The summed E-state index contributed by atoms with van der Waals surface area (Å²) in [5, 5.41) is 8.32. The summed E-state index contributed by atoms with van der Waals surface area (Å²) < 4.78 is 2.55. The molecule has 3 heterocycles. The van der Waals surface area contributed by atoms with Crippen LogP contribution in [-0.2, 0) is 0 Å². The highest BCUT2D eigenvalue weighted by Gasteiger charge is 2.21. The number of thiophene rings is 1. The second-order valence-corrected chi connectivity index (χ2v) is 11.4. The number of nitrogens with zero attached hydrogens (tertiary/aromatic N) is 3. The molecular weight excluding hydrogens is 531 g/mol. The standard InChI is InChI=1S/C38H25N3S/c1-3-14-30-24(4-2)34(23-15-6-5-7-16-23)41-38(39-30)36-28-20-11-9-18-26(28)33-35(40-36)27-19-10-8-17-25(27)32-29-21-12-13-22-31(29)42-37(32)33/h3-22H,2H2,1H3/b14-3-. The number of hydrogen-bond donors (Lipinski definition) is 0. The molecule has 0 saturated carbocycles. The first-order valence-electron chi connectivity index (χ1n) is 14.0. The van der Waals surface area contributed by atoms with Crippen molar-refractivity contribution in [3.63, 3.8) is 0 Å². The number of aromatic nitrogens is 3. The van der Waals surface area contributed by atoms with Crippen LogP contribution in [0.15, 0.2) is 116 Å². The van der Waals surface area contributed by atoms with Crippen molar-refractivity contribution in [3.8, 4) is 22.8 Å². The molecule has 0 aliphatic rings. The van der Waals surface area contributed by atoms with Gasteiger partial charge in [-0.05, 0) is 29.8 Å². The number of fused-ring (bicyclic) bond motifs is 10. The van der Waals surface area contributed by atoms with E-state index in [4.69, 9.17) is 15.0 Å². The molecule has 0 aliphatic carbocycles. The molecule has 0 amide bonds. The summed E-state index contributed by atoms with van der Waals surface area (Å²) in [6, 6.07) is 36.1. The van der Waals surface area contributed by atoms with Gasteiger partial charge in [-0.25, -0.2) is 15.0 Å². The molecule has 42 heavy (non-hydrogen) atoms. The van der Waals surface area contributed by atoms with Crippen LogP contribution in [-0.4, -0.2) is 15.0 Å². The van der Waals surface area contributed by atoms with Gasteiger partial charge in [0.25, 0.3) is 0 Å². The zero-order valence-corrected chi connectivity index (χ0v) is 23.8. The Labute approximate surface area is 247 Å². The minimum Gasteiger partial charge on any atom is -0.243 e. The van der Waals surface area contributed by atoms with Gasteiger partial charge in [0.1, 0.15) is 5.69 Å². The zero-order chi connectivity index (χ0) is 28.2. The highest BCUT2D eigenvalue weighted by atomic mass is 32.1. The lowest BCUT2D eigenvalue weighted by atomic mass is 9.96. The normalized spacial score (nSPS) is 11.9. The Balaban J connectivity index is 1.56. The number of rotatable bonds is 4. The Kier molecular flexibility index (Phi) is 5.69. The Morgan fingerprint density at radius 2 is 1.26 bits per heavy atom. The average Bonchev–Trinajstić information content (AvgIpc) is 3.44. The molecule has 0 bridgehead atoms. The van der Waals surface area contributed by atoms with E-state index in [0.717, 1.165) is 49.9 Å². The molecule has 3 nitrogen and oxygen atoms in total. The molecule has 0 spiro atoms. The Hall–Kier alpha value is -5.19. The van der Waals surface area contributed by atoms with Gasteiger partial charge in [-0.3, -0.25) is 0 Å². The molecule has 0 N–H and O–H groups in total. The summed E-state index contributed by atoms with van der Waals surface area (Å²) in [6.45, 7) is 6.11. The van der Waals surface area contributed by atoms with E-state index in [0.29, 0.717) is 5.82 Å². The van der Waals surface area contributed by atoms with Crippen molar-refractivity contribution in [1.82, 2.24) is 15.0 Å². The molecular formula is C38H25N3S. The Morgan fingerprint density at radius 1 is 0.619 bits per heavy atom. The summed E-state index contributed by atoms with van der Waals surface area (Å²) in [7, 11) is 0. The minimum atomic E-state index is 0.603. The predicted octanol–water partition coefficient (Wildman–Crippen LogP) is 10.7. The van der Waals surface area contributed by atoms with Crippen molar-refractivity contribution < 1.29 is 0 Å². The van der Waals surface area contributed by atoms with Gasteiger partial charge in [0.15, 0.2) is 5.82 Å². The number of hydrogen-bond acceptors (Lipinski definition) is 4. The molecule has 0 saturated heterocycles. The van der Waals surface area contributed by atoms with Crippen molar-refractivity contribution >= 4 is 76.1 Å². The van der Waals surface area contributed by atoms with Gasteiger partial charge in [0.05, 0.1) is 16.9 Å². The molecule has 4 heteroatoms. The van der Waals surface area contributed by atoms with E-state index >= 15 is 0 Å². The van der Waals surface area contributed by atoms with E-state index < -0.39 is 0 Å². The fraction of sp³-hybridized carbons (Fsp3) is 0.0263. The van der Waals surface area contributed by atoms with Crippen LogP contribution in [0.3, 0.4) is 0 Å². The van der Waals surface area contributed by atoms with Crippen LogP contribution < -0.4 is 0 Å². The van der Waals surface area contributed by atoms with Gasteiger partial charge in [0, 0.05) is 47.5 Å². The first kappa shape index (κ1) is 24.6. The van der Waals surface area contributed by atoms with E-state index in [1.54, 1.807) is 0 Å². The molecule has 0 aliphatic heterocycles. The second-order valence-electron chi connectivity index (χ2n) is 10.3. The van der Waals surface area contributed by atoms with Crippen molar-refractivity contribution in [2.45, 2.75) is 6.92 Å². The van der Waals surface area contributed by atoms with Crippen LogP contribution in [0.25, 0.3) is 87.5 Å². The van der Waals surface area contributed by atoms with Crippen LogP contribution in [0.4, 0.5) is 0 Å². The van der Waals surface area contributed by atoms with Crippen molar-refractivity contribution in [3.05, 3.63) is 127 Å². The zero-order valence-electron chi connectivity index (χ0n) is 23.0. The van der Waals surface area contributed by atoms with Crippen LogP contribution in [0, 0.1) is 0 Å². The fourth-order valence-electron chi connectivity index (χ4n) is 6.15. The largest absolute Gasteiger partial charge is 0.243 e. The smallest absolute Gasteiger partial charge is 0.179 e. The maximum Gasteiger partial charge on any atom is 0.179 e. The molecule has 8 rings (SSSR count). The van der Waals surface area contributed by atoms with E-state index in [1.165, 1.54) is 30.9 Å². The van der Waals surface area contributed by atoms with Crippen LogP contribution in [0.1, 0.15) is 18.2 Å². The maximum absolute atomic E-state index is 5.45. The lowest BCUT2D eigenvalue weighted by Crippen LogP contribution is -2.02. The van der Waals surface area contributed by atoms with E-state index in [9.17, 15) is 0 Å². The highest BCUT2D eigenvalue weighted by Crippen LogP contribution is 2.46. The average molecular weight is 556 g/mol. The maximum atomic E-state index is 5.45. The molecule has 0 atom stereocenters. The van der Waals surface area contributed by atoms with Gasteiger partial charge in [-0.2, -0.15) is 0 Å². The third kappa shape index (κ3) is 3.62. The minimum absolute atomic E-state index is 0.603. The third-order valence-corrected chi connectivity index (χ3v) is 9.14. The highest BCUT2D eigenvalue weighted by molar-refractivity contribution is 7.27. The molecule has 0 radical (unpaired) electrons. The van der Waals surface area contributed by atoms with Crippen molar-refractivity contribution in [1.29, 1.82) is 0 Å². The lowest BCUT2D eigenvalue weighted by molar-refractivity contribution is 1.14. The molecule has 5 aromatic carbocycles. The van der Waals surface area contributed by atoms with Crippen molar-refractivity contribution in [2.24, 2.45) is 0 Å². The fourth-order valence-corrected chi connectivity index (χ4v) is 7.43. The SMILES string of the molecule is C=Cc1c(/C=C\C)nc(-c2nc3c4ccccc4c4c5ccccc5sc4c3c3ccccc23)nc1-c1ccccc1. The Morgan fingerprint density at radius 3 is 2.00 bits per heavy atom. The molecule has 8 aromatic rings. The van der Waals surface area contributed by atoms with Gasteiger partial charge in [-0.1, -0.05) is 116 Å². The number of allylic oxidation sites excluding steroid dienone is 1. The topological polar surface area (TPSA) is 38.7 Å². The van der Waals surface area contributed by atoms with Gasteiger partial charge in [0.2, 0.25) is 0 Å². The summed E-state index contributed by atoms with van der Waals surface area (Å²) in [5.74, 6) is 0.603. The van der Waals surface area contributed by atoms with E-state index in [2.05, 4.69) is 91.5 Å². The summed E-state index contributed by atoms with van der Waals surface area (Å²) >= 11 is 1.84.